The zero-order valence-corrected chi connectivity index (χ0v) is 10.2. The molecule has 17 heavy (non-hydrogen) atoms. The lowest BCUT2D eigenvalue weighted by Gasteiger charge is -2.05. The van der Waals surface area contributed by atoms with Crippen LogP contribution in [0.4, 0.5) is 0 Å². The van der Waals surface area contributed by atoms with E-state index in [1.165, 1.54) is 0 Å². The number of hydrogen-bond donors (Lipinski definition) is 0. The molecule has 0 radical (unpaired) electrons. The highest BCUT2D eigenvalue weighted by atomic mass is 16.6. The van der Waals surface area contributed by atoms with E-state index < -0.39 is 0 Å². The molecule has 90 valence electrons. The zero-order chi connectivity index (χ0) is 12.3. The third kappa shape index (κ3) is 2.41. The van der Waals surface area contributed by atoms with Gasteiger partial charge in [0.15, 0.2) is 0 Å². The Morgan fingerprint density at radius 1 is 1.35 bits per heavy atom. The van der Waals surface area contributed by atoms with Crippen molar-refractivity contribution in [1.29, 1.82) is 0 Å². The molecule has 0 amide bonds. The Labute approximate surface area is 100 Å². The van der Waals surface area contributed by atoms with Crippen molar-refractivity contribution in [2.75, 3.05) is 13.7 Å². The minimum atomic E-state index is 0.422. The van der Waals surface area contributed by atoms with Gasteiger partial charge in [-0.25, -0.2) is 4.98 Å². The predicted molar refractivity (Wildman–Crippen MR) is 64.4 cm³/mol. The highest BCUT2D eigenvalue weighted by molar-refractivity contribution is 5.64. The van der Waals surface area contributed by atoms with E-state index in [0.29, 0.717) is 18.4 Å². The van der Waals surface area contributed by atoms with Crippen molar-refractivity contribution in [3.8, 4) is 23.1 Å². The summed E-state index contributed by atoms with van der Waals surface area (Å²) in [6.07, 6.45) is 1.57. The Hall–Kier alpha value is -1.97. The largest absolute Gasteiger partial charge is 0.496 e. The Morgan fingerprint density at radius 3 is 2.88 bits per heavy atom. The molecule has 2 aromatic rings. The van der Waals surface area contributed by atoms with Crippen molar-refractivity contribution >= 4 is 0 Å². The van der Waals surface area contributed by atoms with Gasteiger partial charge in [0, 0.05) is 0 Å². The van der Waals surface area contributed by atoms with Crippen LogP contribution in [-0.2, 0) is 0 Å². The van der Waals surface area contributed by atoms with Crippen LogP contribution in [0.5, 0.6) is 11.7 Å². The van der Waals surface area contributed by atoms with Crippen LogP contribution in [0.25, 0.3) is 11.5 Å². The number of nitrogens with zero attached hydrogens (tertiary/aromatic N) is 1. The quantitative estimate of drug-likeness (QED) is 0.814. The van der Waals surface area contributed by atoms with E-state index >= 15 is 0 Å². The van der Waals surface area contributed by atoms with Crippen LogP contribution in [0, 0.1) is 6.92 Å². The average Bonchev–Trinajstić information content (AvgIpc) is 2.78. The molecular formula is C13H15NO3. The van der Waals surface area contributed by atoms with Gasteiger partial charge < -0.3 is 13.9 Å². The molecule has 0 saturated carbocycles. The van der Waals surface area contributed by atoms with Gasteiger partial charge in [-0.3, -0.25) is 0 Å². The van der Waals surface area contributed by atoms with Gasteiger partial charge in [-0.1, -0.05) is 11.6 Å². The van der Waals surface area contributed by atoms with E-state index in [4.69, 9.17) is 13.9 Å². The lowest BCUT2D eigenvalue weighted by Crippen LogP contribution is -1.89. The van der Waals surface area contributed by atoms with Crippen LogP contribution in [0.3, 0.4) is 0 Å². The smallest absolute Gasteiger partial charge is 0.305 e. The number of rotatable bonds is 4. The number of hydrogen-bond acceptors (Lipinski definition) is 4. The molecule has 0 aliphatic heterocycles. The second kappa shape index (κ2) is 4.91. The molecule has 0 spiro atoms. The van der Waals surface area contributed by atoms with Gasteiger partial charge >= 0.3 is 5.95 Å². The molecule has 2 rings (SSSR count). The number of methoxy groups -OCH3 is 1. The molecule has 0 aliphatic rings. The topological polar surface area (TPSA) is 44.5 Å². The number of aromatic nitrogens is 1. The van der Waals surface area contributed by atoms with Crippen molar-refractivity contribution in [3.63, 3.8) is 0 Å². The highest BCUT2D eigenvalue weighted by Gasteiger charge is 2.12. The molecular weight excluding hydrogens is 218 g/mol. The molecule has 0 bridgehead atoms. The van der Waals surface area contributed by atoms with Crippen molar-refractivity contribution in [3.05, 3.63) is 30.0 Å². The lowest BCUT2D eigenvalue weighted by molar-refractivity contribution is 0.260. The maximum atomic E-state index is 5.49. The molecule has 1 heterocycles. The fourth-order valence-electron chi connectivity index (χ4n) is 1.58. The van der Waals surface area contributed by atoms with Crippen molar-refractivity contribution in [2.24, 2.45) is 0 Å². The molecule has 4 heteroatoms. The summed E-state index contributed by atoms with van der Waals surface area (Å²) in [5, 5.41) is 0. The third-order valence-corrected chi connectivity index (χ3v) is 2.36. The second-order valence-corrected chi connectivity index (χ2v) is 3.62. The average molecular weight is 233 g/mol. The zero-order valence-electron chi connectivity index (χ0n) is 10.2. The van der Waals surface area contributed by atoms with E-state index in [0.717, 1.165) is 16.9 Å². The van der Waals surface area contributed by atoms with Crippen LogP contribution < -0.4 is 9.47 Å². The Balaban J connectivity index is 2.40. The van der Waals surface area contributed by atoms with Crippen LogP contribution in [0.15, 0.2) is 28.8 Å². The Morgan fingerprint density at radius 2 is 2.18 bits per heavy atom. The Bertz CT molecular complexity index is 505. The number of oxazole rings is 1. The van der Waals surface area contributed by atoms with E-state index in [1.54, 1.807) is 13.3 Å². The number of ether oxygens (including phenoxy) is 2. The van der Waals surface area contributed by atoms with Gasteiger partial charge in [0.05, 0.1) is 19.3 Å². The summed E-state index contributed by atoms with van der Waals surface area (Å²) in [7, 11) is 1.63. The molecule has 4 nitrogen and oxygen atoms in total. The minimum absolute atomic E-state index is 0.422. The maximum Gasteiger partial charge on any atom is 0.305 e. The summed E-state index contributed by atoms with van der Waals surface area (Å²) in [6, 6.07) is 5.85. The fourth-order valence-corrected chi connectivity index (χ4v) is 1.58. The first-order valence-electron chi connectivity index (χ1n) is 5.48. The van der Waals surface area contributed by atoms with E-state index in [2.05, 4.69) is 4.98 Å². The van der Waals surface area contributed by atoms with Gasteiger partial charge in [0.1, 0.15) is 11.9 Å². The lowest BCUT2D eigenvalue weighted by atomic mass is 10.1. The van der Waals surface area contributed by atoms with Crippen molar-refractivity contribution in [2.45, 2.75) is 13.8 Å². The Kier molecular flexibility index (Phi) is 3.32. The normalized spacial score (nSPS) is 10.3. The van der Waals surface area contributed by atoms with Crippen LogP contribution >= 0.6 is 0 Å². The minimum Gasteiger partial charge on any atom is -0.496 e. The maximum absolute atomic E-state index is 5.49. The summed E-state index contributed by atoms with van der Waals surface area (Å²) >= 11 is 0. The number of aryl methyl sites for hydroxylation is 1. The van der Waals surface area contributed by atoms with Crippen molar-refractivity contribution in [1.82, 2.24) is 4.98 Å². The molecule has 1 aromatic carbocycles. The summed E-state index contributed by atoms with van der Waals surface area (Å²) in [5.41, 5.74) is 1.95. The first-order chi connectivity index (χ1) is 8.24. The van der Waals surface area contributed by atoms with Gasteiger partial charge in [-0.15, -0.1) is 0 Å². The molecule has 0 fully saturated rings. The van der Waals surface area contributed by atoms with E-state index in [9.17, 15) is 0 Å². The molecule has 0 unspecified atom stereocenters. The first-order valence-corrected chi connectivity index (χ1v) is 5.48. The van der Waals surface area contributed by atoms with Crippen LogP contribution in [0.1, 0.15) is 12.5 Å². The molecule has 1 aromatic heterocycles. The van der Waals surface area contributed by atoms with E-state index in [1.807, 2.05) is 32.0 Å². The molecule has 0 atom stereocenters. The van der Waals surface area contributed by atoms with Crippen LogP contribution in [0.2, 0.25) is 0 Å². The first kappa shape index (κ1) is 11.5. The predicted octanol–water partition coefficient (Wildman–Crippen LogP) is 3.06. The summed E-state index contributed by atoms with van der Waals surface area (Å²) in [6.45, 7) is 4.46. The standard InChI is InChI=1S/C13H15NO3/c1-4-16-12-8-14-13(17-12)10-7-9(2)5-6-11(10)15-3/h5-8H,4H2,1-3H3. The number of benzene rings is 1. The second-order valence-electron chi connectivity index (χ2n) is 3.62. The SMILES string of the molecule is CCOc1cnc(-c2cc(C)ccc2OC)o1. The highest BCUT2D eigenvalue weighted by Crippen LogP contribution is 2.31. The fraction of sp³-hybridized carbons (Fsp3) is 0.308. The van der Waals surface area contributed by atoms with Gasteiger partial charge in [-0.05, 0) is 26.0 Å². The molecule has 0 N–H and O–H groups in total. The monoisotopic (exact) mass is 233 g/mol. The van der Waals surface area contributed by atoms with E-state index in [-0.39, 0.29) is 0 Å². The summed E-state index contributed by atoms with van der Waals surface area (Å²) in [5.74, 6) is 1.67. The van der Waals surface area contributed by atoms with Gasteiger partial charge in [0.2, 0.25) is 5.89 Å². The van der Waals surface area contributed by atoms with Gasteiger partial charge in [-0.2, -0.15) is 0 Å². The molecule has 0 aliphatic carbocycles. The van der Waals surface area contributed by atoms with Gasteiger partial charge in [0.25, 0.3) is 0 Å². The summed E-state index contributed by atoms with van der Waals surface area (Å²) < 4.78 is 16.0. The van der Waals surface area contributed by atoms with Crippen LogP contribution in [-0.4, -0.2) is 18.7 Å². The van der Waals surface area contributed by atoms with Crippen molar-refractivity contribution < 1.29 is 13.9 Å². The summed E-state index contributed by atoms with van der Waals surface area (Å²) in [4.78, 5) is 4.18. The third-order valence-electron chi connectivity index (χ3n) is 2.36. The molecule has 0 saturated heterocycles.